The van der Waals surface area contributed by atoms with Crippen LogP contribution in [-0.2, 0) is 14.8 Å². The molecule has 1 aliphatic heterocycles. The molecule has 100 valence electrons. The zero-order valence-electron chi connectivity index (χ0n) is 9.90. The van der Waals surface area contributed by atoms with E-state index in [9.17, 15) is 8.42 Å². The average Bonchev–Trinajstić information content (AvgIpc) is 2.86. The van der Waals surface area contributed by atoms with Crippen LogP contribution >= 0.6 is 15.9 Å². The summed E-state index contributed by atoms with van der Waals surface area (Å²) in [5.74, 6) is 0.607. The summed E-state index contributed by atoms with van der Waals surface area (Å²) in [6.07, 6.45) is 5.08. The number of sulfonamides is 1. The van der Waals surface area contributed by atoms with Crippen LogP contribution < -0.4 is 4.72 Å². The number of hydrogen-bond donors (Lipinski definition) is 1. The van der Waals surface area contributed by atoms with Crippen molar-refractivity contribution in [2.75, 3.05) is 18.9 Å². The summed E-state index contributed by atoms with van der Waals surface area (Å²) in [5.41, 5.74) is 0. The number of alkyl halides is 1. The quantitative estimate of drug-likeness (QED) is 0.782. The van der Waals surface area contributed by atoms with Crippen LogP contribution in [0.4, 0.5) is 0 Å². The first kappa shape index (κ1) is 13.8. The van der Waals surface area contributed by atoms with E-state index in [-0.39, 0.29) is 11.9 Å². The Kier molecular flexibility index (Phi) is 4.86. The van der Waals surface area contributed by atoms with Gasteiger partial charge in [0.1, 0.15) is 0 Å². The molecule has 0 amide bonds. The Hall–Kier alpha value is 0.350. The summed E-state index contributed by atoms with van der Waals surface area (Å²) in [5, 5.41) is 0. The van der Waals surface area contributed by atoms with Crippen molar-refractivity contribution in [1.82, 2.24) is 4.72 Å². The maximum atomic E-state index is 11.8. The standard InChI is InChI=1S/C11H20BrNO3S/c12-10-4-3-9(6-10)7-13-17(14,15)8-11-2-1-5-16-11/h9-11,13H,1-8H2. The molecule has 17 heavy (non-hydrogen) atoms. The average molecular weight is 326 g/mol. The number of ether oxygens (including phenoxy) is 1. The second kappa shape index (κ2) is 5.99. The molecule has 1 aliphatic carbocycles. The first-order valence-electron chi connectivity index (χ1n) is 6.28. The molecule has 0 radical (unpaired) electrons. The van der Waals surface area contributed by atoms with Crippen molar-refractivity contribution in [3.63, 3.8) is 0 Å². The van der Waals surface area contributed by atoms with Gasteiger partial charge in [-0.25, -0.2) is 13.1 Å². The van der Waals surface area contributed by atoms with Gasteiger partial charge in [0.25, 0.3) is 0 Å². The lowest BCUT2D eigenvalue weighted by Gasteiger charge is -2.14. The van der Waals surface area contributed by atoms with E-state index >= 15 is 0 Å². The Morgan fingerprint density at radius 3 is 2.71 bits per heavy atom. The largest absolute Gasteiger partial charge is 0.377 e. The third-order valence-corrected chi connectivity index (χ3v) is 5.75. The highest BCUT2D eigenvalue weighted by molar-refractivity contribution is 9.09. The molecule has 1 saturated heterocycles. The molecule has 2 aliphatic rings. The van der Waals surface area contributed by atoms with Crippen molar-refractivity contribution in [2.24, 2.45) is 5.92 Å². The first-order chi connectivity index (χ1) is 8.05. The fourth-order valence-electron chi connectivity index (χ4n) is 2.52. The third-order valence-electron chi connectivity index (χ3n) is 3.50. The van der Waals surface area contributed by atoms with Crippen molar-refractivity contribution in [3.05, 3.63) is 0 Å². The van der Waals surface area contributed by atoms with Gasteiger partial charge in [-0.2, -0.15) is 0 Å². The summed E-state index contributed by atoms with van der Waals surface area (Å²) in [7, 11) is -3.16. The first-order valence-corrected chi connectivity index (χ1v) is 8.85. The summed E-state index contributed by atoms with van der Waals surface area (Å²) >= 11 is 3.57. The van der Waals surface area contributed by atoms with E-state index in [1.165, 1.54) is 0 Å². The van der Waals surface area contributed by atoms with E-state index in [1.807, 2.05) is 0 Å². The van der Waals surface area contributed by atoms with E-state index in [0.717, 1.165) is 32.1 Å². The smallest absolute Gasteiger partial charge is 0.214 e. The van der Waals surface area contributed by atoms with Crippen molar-refractivity contribution in [3.8, 4) is 0 Å². The summed E-state index contributed by atoms with van der Waals surface area (Å²) in [6, 6.07) is 0. The van der Waals surface area contributed by atoms with Gasteiger partial charge in [-0.1, -0.05) is 15.9 Å². The third kappa shape index (κ3) is 4.50. The molecule has 0 spiro atoms. The maximum absolute atomic E-state index is 11.8. The molecule has 0 aromatic heterocycles. The number of rotatable bonds is 5. The van der Waals surface area contributed by atoms with Gasteiger partial charge < -0.3 is 4.74 Å². The minimum Gasteiger partial charge on any atom is -0.377 e. The van der Waals surface area contributed by atoms with E-state index in [4.69, 9.17) is 4.74 Å². The van der Waals surface area contributed by atoms with Gasteiger partial charge in [-0.3, -0.25) is 0 Å². The van der Waals surface area contributed by atoms with Crippen molar-refractivity contribution in [1.29, 1.82) is 0 Å². The molecular weight excluding hydrogens is 306 g/mol. The Bertz CT molecular complexity index is 341. The van der Waals surface area contributed by atoms with Crippen LogP contribution in [0.25, 0.3) is 0 Å². The van der Waals surface area contributed by atoms with Crippen LogP contribution in [0, 0.1) is 5.92 Å². The number of halogens is 1. The maximum Gasteiger partial charge on any atom is 0.214 e. The Balaban J connectivity index is 1.73. The fraction of sp³-hybridized carbons (Fsp3) is 1.00. The molecule has 0 bridgehead atoms. The van der Waals surface area contributed by atoms with Gasteiger partial charge in [0.2, 0.25) is 10.0 Å². The zero-order chi connectivity index (χ0) is 12.3. The molecule has 6 heteroatoms. The van der Waals surface area contributed by atoms with Crippen molar-refractivity contribution in [2.45, 2.75) is 43.0 Å². The van der Waals surface area contributed by atoms with Gasteiger partial charge >= 0.3 is 0 Å². The van der Waals surface area contributed by atoms with Crippen LogP contribution in [0.3, 0.4) is 0 Å². The van der Waals surface area contributed by atoms with E-state index < -0.39 is 10.0 Å². The highest BCUT2D eigenvalue weighted by Gasteiger charge is 2.26. The second-order valence-corrected chi connectivity index (χ2v) is 8.19. The van der Waals surface area contributed by atoms with Crippen LogP contribution in [0.2, 0.25) is 0 Å². The number of hydrogen-bond acceptors (Lipinski definition) is 3. The van der Waals surface area contributed by atoms with Crippen molar-refractivity contribution < 1.29 is 13.2 Å². The number of nitrogens with one attached hydrogen (secondary N) is 1. The molecular formula is C11H20BrNO3S. The van der Waals surface area contributed by atoms with Crippen LogP contribution in [0.1, 0.15) is 32.1 Å². The molecule has 3 atom stereocenters. The Morgan fingerprint density at radius 1 is 1.29 bits per heavy atom. The molecule has 2 fully saturated rings. The van der Waals surface area contributed by atoms with Crippen LogP contribution in [0.5, 0.6) is 0 Å². The Labute approximate surface area is 112 Å². The summed E-state index contributed by atoms with van der Waals surface area (Å²) in [6.45, 7) is 1.28. The monoisotopic (exact) mass is 325 g/mol. The molecule has 1 heterocycles. The predicted molar refractivity (Wildman–Crippen MR) is 70.8 cm³/mol. The SMILES string of the molecule is O=S(=O)(CC1CCCO1)NCC1CCC(Br)C1. The minimum absolute atomic E-state index is 0.0972. The fourth-order valence-corrected chi connectivity index (χ4v) is 4.68. The Morgan fingerprint density at radius 2 is 2.12 bits per heavy atom. The van der Waals surface area contributed by atoms with E-state index in [0.29, 0.717) is 23.9 Å². The summed E-state index contributed by atoms with van der Waals surface area (Å²) < 4.78 is 31.7. The van der Waals surface area contributed by atoms with Gasteiger partial charge in [-0.15, -0.1) is 0 Å². The zero-order valence-corrected chi connectivity index (χ0v) is 12.3. The van der Waals surface area contributed by atoms with Gasteiger partial charge in [-0.05, 0) is 38.0 Å². The minimum atomic E-state index is -3.16. The molecule has 1 N–H and O–H groups in total. The molecule has 4 nitrogen and oxygen atoms in total. The molecule has 3 unspecified atom stereocenters. The lowest BCUT2D eigenvalue weighted by Crippen LogP contribution is -2.34. The van der Waals surface area contributed by atoms with Gasteiger partial charge in [0.15, 0.2) is 0 Å². The van der Waals surface area contributed by atoms with Crippen LogP contribution in [0.15, 0.2) is 0 Å². The van der Waals surface area contributed by atoms with Gasteiger partial charge in [0.05, 0.1) is 11.9 Å². The molecule has 0 aromatic carbocycles. The second-order valence-electron chi connectivity index (χ2n) is 5.04. The van der Waals surface area contributed by atoms with Gasteiger partial charge in [0, 0.05) is 18.0 Å². The highest BCUT2D eigenvalue weighted by atomic mass is 79.9. The lowest BCUT2D eigenvalue weighted by molar-refractivity contribution is 0.127. The topological polar surface area (TPSA) is 55.4 Å². The summed E-state index contributed by atoms with van der Waals surface area (Å²) in [4.78, 5) is 0.565. The lowest BCUT2D eigenvalue weighted by atomic mass is 10.1. The molecule has 1 saturated carbocycles. The van der Waals surface area contributed by atoms with E-state index in [2.05, 4.69) is 20.7 Å². The van der Waals surface area contributed by atoms with Crippen molar-refractivity contribution >= 4 is 26.0 Å². The van der Waals surface area contributed by atoms with Crippen LogP contribution in [-0.4, -0.2) is 38.3 Å². The highest BCUT2D eigenvalue weighted by Crippen LogP contribution is 2.30. The van der Waals surface area contributed by atoms with E-state index in [1.54, 1.807) is 0 Å². The predicted octanol–water partition coefficient (Wildman–Crippen LogP) is 1.65. The molecule has 0 aromatic rings. The normalized spacial score (nSPS) is 34.3. The molecule has 2 rings (SSSR count).